The van der Waals surface area contributed by atoms with Crippen LogP contribution in [0.5, 0.6) is 0 Å². The summed E-state index contributed by atoms with van der Waals surface area (Å²) in [6, 6.07) is 27.6. The van der Waals surface area contributed by atoms with E-state index in [1.807, 2.05) is 12.1 Å². The van der Waals surface area contributed by atoms with Gasteiger partial charge in [-0.05, 0) is 56.4 Å². The maximum absolute atomic E-state index is 9.14. The van der Waals surface area contributed by atoms with E-state index in [-0.39, 0.29) is 6.61 Å². The van der Waals surface area contributed by atoms with Gasteiger partial charge in [-0.3, -0.25) is 0 Å². The average molecular weight is 284 g/mol. The topological polar surface area (TPSA) is 20.2 Å². The first kappa shape index (κ1) is 13.1. The predicted octanol–water partition coefficient (Wildman–Crippen LogP) is 5.15. The average Bonchev–Trinajstić information content (AvgIpc) is 2.59. The summed E-state index contributed by atoms with van der Waals surface area (Å²) in [6.45, 7) is 0.0873. The lowest BCUT2D eigenvalue weighted by Gasteiger charge is -2.07. The molecule has 0 bridgehead atoms. The van der Waals surface area contributed by atoms with Gasteiger partial charge in [0.2, 0.25) is 0 Å². The van der Waals surface area contributed by atoms with Crippen molar-refractivity contribution in [1.82, 2.24) is 0 Å². The third kappa shape index (κ3) is 2.26. The number of aliphatic hydroxyl groups excluding tert-OH is 1. The van der Waals surface area contributed by atoms with Crippen molar-refractivity contribution >= 4 is 21.5 Å². The highest BCUT2D eigenvalue weighted by Gasteiger charge is 2.02. The fraction of sp³-hybridized carbons (Fsp3) is 0.0476. The van der Waals surface area contributed by atoms with Crippen molar-refractivity contribution in [3.05, 3.63) is 84.4 Å². The van der Waals surface area contributed by atoms with Crippen LogP contribution in [0.2, 0.25) is 0 Å². The Bertz CT molecular complexity index is 952. The van der Waals surface area contributed by atoms with Gasteiger partial charge in [0.15, 0.2) is 0 Å². The molecule has 1 heteroatoms. The Kier molecular flexibility index (Phi) is 3.14. The normalized spacial score (nSPS) is 11.1. The summed E-state index contributed by atoms with van der Waals surface area (Å²) in [5, 5.41) is 14.2. The Morgan fingerprint density at radius 1 is 0.545 bits per heavy atom. The van der Waals surface area contributed by atoms with Crippen LogP contribution in [0.15, 0.2) is 78.9 Å². The molecular weight excluding hydrogens is 268 g/mol. The lowest BCUT2D eigenvalue weighted by Crippen LogP contribution is -1.84. The van der Waals surface area contributed by atoms with Crippen LogP contribution in [-0.2, 0) is 6.61 Å². The zero-order chi connectivity index (χ0) is 14.9. The molecule has 0 unspecified atom stereocenters. The molecule has 0 aliphatic carbocycles. The van der Waals surface area contributed by atoms with Crippen molar-refractivity contribution in [2.45, 2.75) is 6.61 Å². The number of rotatable bonds is 2. The maximum Gasteiger partial charge on any atom is 0.0681 e. The van der Waals surface area contributed by atoms with E-state index in [2.05, 4.69) is 66.7 Å². The lowest BCUT2D eigenvalue weighted by molar-refractivity contribution is 0.282. The highest BCUT2D eigenvalue weighted by Crippen LogP contribution is 2.28. The van der Waals surface area contributed by atoms with Crippen LogP contribution in [-0.4, -0.2) is 5.11 Å². The monoisotopic (exact) mass is 284 g/mol. The number of fused-ring (bicyclic) bond motifs is 2. The molecule has 4 aromatic carbocycles. The van der Waals surface area contributed by atoms with Gasteiger partial charge in [-0.1, -0.05) is 60.7 Å². The number of hydrogen-bond acceptors (Lipinski definition) is 1. The largest absolute Gasteiger partial charge is 0.392 e. The highest BCUT2D eigenvalue weighted by atomic mass is 16.3. The molecule has 4 rings (SSSR count). The Hall–Kier alpha value is -2.64. The molecule has 4 aromatic rings. The van der Waals surface area contributed by atoms with E-state index >= 15 is 0 Å². The fourth-order valence-corrected chi connectivity index (χ4v) is 2.92. The summed E-state index contributed by atoms with van der Waals surface area (Å²) in [5.41, 5.74) is 3.31. The van der Waals surface area contributed by atoms with Crippen LogP contribution < -0.4 is 0 Å². The number of hydrogen-bond donors (Lipinski definition) is 1. The van der Waals surface area contributed by atoms with Crippen molar-refractivity contribution < 1.29 is 5.11 Å². The minimum absolute atomic E-state index is 0.0873. The van der Waals surface area contributed by atoms with Crippen LogP contribution >= 0.6 is 0 Å². The zero-order valence-electron chi connectivity index (χ0n) is 12.2. The fourth-order valence-electron chi connectivity index (χ4n) is 2.92. The van der Waals surface area contributed by atoms with Crippen molar-refractivity contribution in [3.8, 4) is 11.1 Å². The van der Waals surface area contributed by atoms with E-state index in [4.69, 9.17) is 5.11 Å². The van der Waals surface area contributed by atoms with Crippen LogP contribution in [0.25, 0.3) is 32.7 Å². The summed E-state index contributed by atoms with van der Waals surface area (Å²) in [6.07, 6.45) is 0. The maximum atomic E-state index is 9.14. The van der Waals surface area contributed by atoms with Gasteiger partial charge in [0.25, 0.3) is 0 Å². The van der Waals surface area contributed by atoms with Gasteiger partial charge in [-0.15, -0.1) is 0 Å². The van der Waals surface area contributed by atoms with Gasteiger partial charge in [-0.25, -0.2) is 0 Å². The van der Waals surface area contributed by atoms with Crippen LogP contribution in [0.3, 0.4) is 0 Å². The third-order valence-corrected chi connectivity index (χ3v) is 4.17. The van der Waals surface area contributed by atoms with E-state index in [1.54, 1.807) is 0 Å². The third-order valence-electron chi connectivity index (χ3n) is 4.17. The first-order chi connectivity index (χ1) is 10.8. The quantitative estimate of drug-likeness (QED) is 0.504. The SMILES string of the molecule is OCc1ccc(-c2ccc3cc4ccccc4cc3c2)cc1. The Labute approximate surface area is 129 Å². The number of aliphatic hydroxyl groups is 1. The van der Waals surface area contributed by atoms with Gasteiger partial charge < -0.3 is 5.11 Å². The van der Waals surface area contributed by atoms with E-state index in [1.165, 1.54) is 32.7 Å². The molecule has 106 valence electrons. The molecule has 0 aliphatic heterocycles. The van der Waals surface area contributed by atoms with Gasteiger partial charge >= 0.3 is 0 Å². The molecule has 0 saturated heterocycles. The van der Waals surface area contributed by atoms with Crippen LogP contribution in [0, 0.1) is 0 Å². The zero-order valence-corrected chi connectivity index (χ0v) is 12.2. The Morgan fingerprint density at radius 3 is 1.82 bits per heavy atom. The first-order valence-electron chi connectivity index (χ1n) is 7.46. The van der Waals surface area contributed by atoms with Gasteiger partial charge in [0.05, 0.1) is 6.61 Å². The lowest BCUT2D eigenvalue weighted by atomic mass is 9.98. The Morgan fingerprint density at radius 2 is 1.14 bits per heavy atom. The smallest absolute Gasteiger partial charge is 0.0681 e. The van der Waals surface area contributed by atoms with Gasteiger partial charge in [-0.2, -0.15) is 0 Å². The van der Waals surface area contributed by atoms with Crippen molar-refractivity contribution in [3.63, 3.8) is 0 Å². The van der Waals surface area contributed by atoms with Gasteiger partial charge in [0, 0.05) is 0 Å². The molecule has 0 amide bonds. The van der Waals surface area contributed by atoms with Crippen molar-refractivity contribution in [1.29, 1.82) is 0 Å². The molecule has 0 aromatic heterocycles. The molecule has 0 radical (unpaired) electrons. The summed E-state index contributed by atoms with van der Waals surface area (Å²) >= 11 is 0. The number of benzene rings is 4. The standard InChI is InChI=1S/C21H16O/c22-14-15-5-7-16(8-6-15)19-9-10-20-11-17-3-1-2-4-18(17)12-21(20)13-19/h1-13,22H,14H2. The minimum atomic E-state index is 0.0873. The molecule has 0 spiro atoms. The molecule has 0 aliphatic rings. The van der Waals surface area contributed by atoms with Crippen molar-refractivity contribution in [2.24, 2.45) is 0 Å². The first-order valence-corrected chi connectivity index (χ1v) is 7.46. The molecule has 0 fully saturated rings. The summed E-state index contributed by atoms with van der Waals surface area (Å²) < 4.78 is 0. The van der Waals surface area contributed by atoms with E-state index < -0.39 is 0 Å². The Balaban J connectivity index is 1.86. The second kappa shape index (κ2) is 5.28. The second-order valence-electron chi connectivity index (χ2n) is 5.62. The molecule has 0 atom stereocenters. The molecule has 1 N–H and O–H groups in total. The van der Waals surface area contributed by atoms with Gasteiger partial charge in [0.1, 0.15) is 0 Å². The highest BCUT2D eigenvalue weighted by molar-refractivity contribution is 5.99. The molecule has 22 heavy (non-hydrogen) atoms. The summed E-state index contributed by atoms with van der Waals surface area (Å²) in [4.78, 5) is 0. The van der Waals surface area contributed by atoms with E-state index in [9.17, 15) is 0 Å². The molecule has 0 saturated carbocycles. The molecular formula is C21H16O. The van der Waals surface area contributed by atoms with Crippen LogP contribution in [0.4, 0.5) is 0 Å². The van der Waals surface area contributed by atoms with E-state index in [0.717, 1.165) is 5.56 Å². The van der Waals surface area contributed by atoms with Crippen LogP contribution in [0.1, 0.15) is 5.56 Å². The molecule has 1 nitrogen and oxygen atoms in total. The summed E-state index contributed by atoms with van der Waals surface area (Å²) in [5.74, 6) is 0. The predicted molar refractivity (Wildman–Crippen MR) is 92.8 cm³/mol. The molecule has 0 heterocycles. The van der Waals surface area contributed by atoms with Crippen molar-refractivity contribution in [2.75, 3.05) is 0 Å². The minimum Gasteiger partial charge on any atom is -0.392 e. The van der Waals surface area contributed by atoms with E-state index in [0.29, 0.717) is 0 Å². The second-order valence-corrected chi connectivity index (χ2v) is 5.62. The summed E-state index contributed by atoms with van der Waals surface area (Å²) in [7, 11) is 0.